The van der Waals surface area contributed by atoms with E-state index in [0.29, 0.717) is 6.42 Å². The highest BCUT2D eigenvalue weighted by atomic mass is 35.5. The monoisotopic (exact) mass is 299 g/mol. The zero-order valence-corrected chi connectivity index (χ0v) is 13.0. The normalized spacial score (nSPS) is 19.2. The zero-order valence-electron chi connectivity index (χ0n) is 12.2. The molecule has 0 heterocycles. The van der Waals surface area contributed by atoms with E-state index in [1.807, 2.05) is 6.07 Å². The minimum absolute atomic E-state index is 0.147. The predicted molar refractivity (Wildman–Crippen MR) is 80.8 cm³/mol. The van der Waals surface area contributed by atoms with E-state index >= 15 is 0 Å². The molecule has 1 unspecified atom stereocenters. The van der Waals surface area contributed by atoms with Crippen molar-refractivity contribution < 1.29 is 9.13 Å². The zero-order chi connectivity index (χ0) is 14.6. The maximum atomic E-state index is 13.6. The maximum Gasteiger partial charge on any atom is 0.142 e. The Hall–Kier alpha value is -0.640. The lowest BCUT2D eigenvalue weighted by Gasteiger charge is -2.37. The van der Waals surface area contributed by atoms with Crippen LogP contribution in [0, 0.1) is 5.82 Å². The quantitative estimate of drug-likeness (QED) is 0.858. The molecule has 0 aromatic heterocycles. The minimum atomic E-state index is -0.350. The standard InChI is InChI=1S/C16H23ClFNO/c1-3-19-14(16(20-2)9-4-5-10-16)11-12-7-6-8-13(18)15(12)17/h6-8,14,19H,3-5,9-11H2,1-2H3. The van der Waals surface area contributed by atoms with Gasteiger partial charge in [-0.3, -0.25) is 0 Å². The molecule has 1 fully saturated rings. The summed E-state index contributed by atoms with van der Waals surface area (Å²) in [4.78, 5) is 0. The van der Waals surface area contributed by atoms with Crippen molar-refractivity contribution in [3.63, 3.8) is 0 Å². The molecular weight excluding hydrogens is 277 g/mol. The molecule has 1 aliphatic carbocycles. The Kier molecular flexibility index (Phi) is 5.42. The van der Waals surface area contributed by atoms with Gasteiger partial charge in [0.15, 0.2) is 0 Å². The van der Waals surface area contributed by atoms with Crippen LogP contribution in [0.5, 0.6) is 0 Å². The van der Waals surface area contributed by atoms with Gasteiger partial charge in [-0.25, -0.2) is 4.39 Å². The van der Waals surface area contributed by atoms with Crippen LogP contribution in [0.15, 0.2) is 18.2 Å². The van der Waals surface area contributed by atoms with E-state index in [2.05, 4.69) is 12.2 Å². The van der Waals surface area contributed by atoms with Crippen molar-refractivity contribution in [2.45, 2.75) is 50.7 Å². The van der Waals surface area contributed by atoms with Crippen LogP contribution in [-0.4, -0.2) is 25.3 Å². The Morgan fingerprint density at radius 3 is 2.70 bits per heavy atom. The number of halogens is 2. The van der Waals surface area contributed by atoms with Gasteiger partial charge in [0, 0.05) is 13.2 Å². The number of likely N-dealkylation sites (N-methyl/N-ethyl adjacent to an activating group) is 1. The highest BCUT2D eigenvalue weighted by Gasteiger charge is 2.41. The molecule has 1 atom stereocenters. The number of nitrogens with one attached hydrogen (secondary N) is 1. The fourth-order valence-electron chi connectivity index (χ4n) is 3.28. The fraction of sp³-hybridized carbons (Fsp3) is 0.625. The molecule has 2 rings (SSSR count). The van der Waals surface area contributed by atoms with Gasteiger partial charge in [-0.2, -0.15) is 0 Å². The molecule has 2 nitrogen and oxygen atoms in total. The van der Waals surface area contributed by atoms with E-state index in [1.54, 1.807) is 13.2 Å². The van der Waals surface area contributed by atoms with E-state index in [9.17, 15) is 4.39 Å². The van der Waals surface area contributed by atoms with Crippen molar-refractivity contribution in [3.8, 4) is 0 Å². The van der Waals surface area contributed by atoms with Crippen molar-refractivity contribution in [2.24, 2.45) is 0 Å². The fourth-order valence-corrected chi connectivity index (χ4v) is 3.49. The lowest BCUT2D eigenvalue weighted by Crippen LogP contribution is -2.51. The minimum Gasteiger partial charge on any atom is -0.377 e. The summed E-state index contributed by atoms with van der Waals surface area (Å²) >= 11 is 6.09. The first-order valence-electron chi connectivity index (χ1n) is 7.34. The lowest BCUT2D eigenvalue weighted by atomic mass is 9.87. The number of rotatable bonds is 6. The smallest absolute Gasteiger partial charge is 0.142 e. The number of hydrogen-bond donors (Lipinski definition) is 1. The van der Waals surface area contributed by atoms with Gasteiger partial charge in [0.25, 0.3) is 0 Å². The van der Waals surface area contributed by atoms with Gasteiger partial charge in [0.2, 0.25) is 0 Å². The van der Waals surface area contributed by atoms with E-state index < -0.39 is 0 Å². The Morgan fingerprint density at radius 1 is 1.40 bits per heavy atom. The molecule has 1 aromatic rings. The number of hydrogen-bond acceptors (Lipinski definition) is 2. The summed E-state index contributed by atoms with van der Waals surface area (Å²) in [5.41, 5.74) is 0.701. The first-order valence-corrected chi connectivity index (χ1v) is 7.72. The molecule has 112 valence electrons. The van der Waals surface area contributed by atoms with Crippen LogP contribution in [0.2, 0.25) is 5.02 Å². The number of ether oxygens (including phenoxy) is 1. The third kappa shape index (κ3) is 3.16. The van der Waals surface area contributed by atoms with Crippen molar-refractivity contribution in [3.05, 3.63) is 34.6 Å². The molecule has 1 N–H and O–H groups in total. The largest absolute Gasteiger partial charge is 0.377 e. The molecule has 0 bridgehead atoms. The van der Waals surface area contributed by atoms with Crippen LogP contribution in [0.25, 0.3) is 0 Å². The topological polar surface area (TPSA) is 21.3 Å². The Labute approximate surface area is 125 Å². The second-order valence-electron chi connectivity index (χ2n) is 5.50. The maximum absolute atomic E-state index is 13.6. The third-order valence-electron chi connectivity index (χ3n) is 4.40. The van der Waals surface area contributed by atoms with Crippen molar-refractivity contribution in [1.82, 2.24) is 5.32 Å². The van der Waals surface area contributed by atoms with Crippen molar-refractivity contribution in [2.75, 3.05) is 13.7 Å². The van der Waals surface area contributed by atoms with Crippen LogP contribution in [-0.2, 0) is 11.2 Å². The summed E-state index contributed by atoms with van der Waals surface area (Å²) in [5.74, 6) is -0.350. The summed E-state index contributed by atoms with van der Waals surface area (Å²) in [5, 5.41) is 3.74. The molecule has 0 spiro atoms. The molecule has 0 radical (unpaired) electrons. The summed E-state index contributed by atoms with van der Waals surface area (Å²) in [6, 6.07) is 5.18. The molecule has 1 aromatic carbocycles. The van der Waals surface area contributed by atoms with E-state index in [0.717, 1.165) is 24.9 Å². The second-order valence-corrected chi connectivity index (χ2v) is 5.88. The number of methoxy groups -OCH3 is 1. The van der Waals surface area contributed by atoms with Gasteiger partial charge in [-0.05, 0) is 37.4 Å². The lowest BCUT2D eigenvalue weighted by molar-refractivity contribution is -0.0351. The first-order chi connectivity index (χ1) is 9.63. The first kappa shape index (κ1) is 15.7. The van der Waals surface area contributed by atoms with Crippen LogP contribution in [0.4, 0.5) is 4.39 Å². The van der Waals surface area contributed by atoms with Crippen molar-refractivity contribution in [1.29, 1.82) is 0 Å². The van der Waals surface area contributed by atoms with Gasteiger partial charge < -0.3 is 10.1 Å². The Morgan fingerprint density at radius 2 is 2.10 bits per heavy atom. The van der Waals surface area contributed by atoms with Crippen molar-refractivity contribution >= 4 is 11.6 Å². The predicted octanol–water partition coefficient (Wildman–Crippen LogP) is 3.96. The van der Waals surface area contributed by atoms with E-state index in [1.165, 1.54) is 18.9 Å². The third-order valence-corrected chi connectivity index (χ3v) is 4.82. The van der Waals surface area contributed by atoms with Gasteiger partial charge in [0.05, 0.1) is 10.6 Å². The molecule has 4 heteroatoms. The SMILES string of the molecule is CCNC(Cc1cccc(F)c1Cl)C1(OC)CCCC1. The van der Waals surface area contributed by atoms with Gasteiger partial charge in [0.1, 0.15) is 5.82 Å². The Balaban J connectivity index is 2.23. The average molecular weight is 300 g/mol. The average Bonchev–Trinajstić information content (AvgIpc) is 2.93. The highest BCUT2D eigenvalue weighted by molar-refractivity contribution is 6.31. The molecule has 20 heavy (non-hydrogen) atoms. The number of benzene rings is 1. The highest BCUT2D eigenvalue weighted by Crippen LogP contribution is 2.37. The van der Waals surface area contributed by atoms with Crippen LogP contribution < -0.4 is 5.32 Å². The van der Waals surface area contributed by atoms with Gasteiger partial charge in [-0.15, -0.1) is 0 Å². The molecular formula is C16H23ClFNO. The Bertz CT molecular complexity index is 446. The van der Waals surface area contributed by atoms with E-state index in [4.69, 9.17) is 16.3 Å². The molecule has 0 aliphatic heterocycles. The van der Waals surface area contributed by atoms with Gasteiger partial charge in [-0.1, -0.05) is 43.5 Å². The second kappa shape index (κ2) is 6.88. The van der Waals surface area contributed by atoms with Crippen LogP contribution >= 0.6 is 11.6 Å². The molecule has 1 saturated carbocycles. The van der Waals surface area contributed by atoms with Crippen LogP contribution in [0.3, 0.4) is 0 Å². The van der Waals surface area contributed by atoms with E-state index in [-0.39, 0.29) is 22.5 Å². The molecule has 0 saturated heterocycles. The summed E-state index contributed by atoms with van der Waals surface area (Å²) < 4.78 is 19.4. The summed E-state index contributed by atoms with van der Waals surface area (Å²) in [7, 11) is 1.78. The van der Waals surface area contributed by atoms with Gasteiger partial charge >= 0.3 is 0 Å². The summed E-state index contributed by atoms with van der Waals surface area (Å²) in [6.07, 6.45) is 5.17. The molecule has 1 aliphatic rings. The molecule has 0 amide bonds. The van der Waals surface area contributed by atoms with Crippen LogP contribution in [0.1, 0.15) is 38.2 Å². The summed E-state index contributed by atoms with van der Waals surface area (Å²) in [6.45, 7) is 2.95.